The van der Waals surface area contributed by atoms with E-state index in [1.54, 1.807) is 12.4 Å². The van der Waals surface area contributed by atoms with E-state index in [4.69, 9.17) is 10.7 Å². The zero-order valence-corrected chi connectivity index (χ0v) is 14.0. The topological polar surface area (TPSA) is 80.0 Å². The molecule has 0 radical (unpaired) electrons. The van der Waals surface area contributed by atoms with E-state index in [1.807, 2.05) is 20.2 Å². The molecule has 3 N–H and O–H groups in total. The fourth-order valence-corrected chi connectivity index (χ4v) is 2.48. The first-order valence-corrected chi connectivity index (χ1v) is 8.02. The number of aromatic nitrogens is 3. The fourth-order valence-electron chi connectivity index (χ4n) is 2.48. The molecular weight excluding hydrogens is 300 g/mol. The number of benzene rings is 1. The van der Waals surface area contributed by atoms with E-state index in [0.29, 0.717) is 6.54 Å². The maximum Gasteiger partial charge on any atom is 0.154 e. The highest BCUT2D eigenvalue weighted by molar-refractivity contribution is 5.88. The van der Waals surface area contributed by atoms with Crippen LogP contribution in [0.1, 0.15) is 6.42 Å². The van der Waals surface area contributed by atoms with Crippen LogP contribution in [0.3, 0.4) is 0 Å². The molecule has 24 heavy (non-hydrogen) atoms. The van der Waals surface area contributed by atoms with E-state index < -0.39 is 0 Å². The first kappa shape index (κ1) is 16.1. The number of hydrogen-bond acceptors (Lipinski definition) is 6. The smallest absolute Gasteiger partial charge is 0.154 e. The second kappa shape index (κ2) is 7.23. The molecule has 0 aliphatic rings. The third-order valence-corrected chi connectivity index (χ3v) is 3.81. The monoisotopic (exact) mass is 322 g/mol. The van der Waals surface area contributed by atoms with Crippen molar-refractivity contribution in [1.82, 2.24) is 15.0 Å². The van der Waals surface area contributed by atoms with Gasteiger partial charge in [0.05, 0.1) is 11.2 Å². The van der Waals surface area contributed by atoms with Crippen molar-refractivity contribution < 1.29 is 0 Å². The Balaban J connectivity index is 2.01. The molecule has 3 rings (SSSR count). The molecule has 0 aliphatic carbocycles. The molecular formula is C18H22N6. The van der Waals surface area contributed by atoms with E-state index in [9.17, 15) is 0 Å². The van der Waals surface area contributed by atoms with Crippen LogP contribution in [0.25, 0.3) is 22.3 Å². The highest BCUT2D eigenvalue weighted by Gasteiger charge is 2.09. The van der Waals surface area contributed by atoms with Gasteiger partial charge in [0.25, 0.3) is 0 Å². The number of nitrogens with two attached hydrogens (primary N) is 1. The SMILES string of the molecule is CN(C)c1ccc(-c2cc3nccnc3c(NCCCN)n2)cc1. The van der Waals surface area contributed by atoms with E-state index in [1.165, 1.54) is 0 Å². The molecule has 0 amide bonds. The number of rotatable bonds is 6. The quantitative estimate of drug-likeness (QED) is 0.679. The molecule has 0 bridgehead atoms. The average molecular weight is 322 g/mol. The summed E-state index contributed by atoms with van der Waals surface area (Å²) in [4.78, 5) is 15.7. The van der Waals surface area contributed by atoms with Gasteiger partial charge >= 0.3 is 0 Å². The first-order valence-electron chi connectivity index (χ1n) is 8.02. The molecule has 1 aromatic carbocycles. The Labute approximate surface area is 141 Å². The van der Waals surface area contributed by atoms with Crippen LogP contribution in [0.5, 0.6) is 0 Å². The molecule has 0 saturated carbocycles. The Bertz CT molecular complexity index is 813. The molecule has 0 atom stereocenters. The molecule has 6 heteroatoms. The van der Waals surface area contributed by atoms with Crippen molar-refractivity contribution in [1.29, 1.82) is 0 Å². The van der Waals surface area contributed by atoms with Gasteiger partial charge in [0.15, 0.2) is 5.82 Å². The van der Waals surface area contributed by atoms with Crippen LogP contribution in [0.2, 0.25) is 0 Å². The van der Waals surface area contributed by atoms with Gasteiger partial charge in [-0.15, -0.1) is 0 Å². The average Bonchev–Trinajstić information content (AvgIpc) is 2.62. The van der Waals surface area contributed by atoms with Gasteiger partial charge in [-0.05, 0) is 31.2 Å². The Morgan fingerprint density at radius 3 is 2.54 bits per heavy atom. The standard InChI is InChI=1S/C18H22N6/c1-24(2)14-6-4-13(5-7-14)15-12-16-17(21-11-10-20-16)18(23-15)22-9-3-8-19/h4-7,10-12H,3,8-9,19H2,1-2H3,(H,22,23). The molecule has 0 spiro atoms. The lowest BCUT2D eigenvalue weighted by atomic mass is 10.1. The van der Waals surface area contributed by atoms with Crippen molar-refractivity contribution in [2.75, 3.05) is 37.4 Å². The summed E-state index contributed by atoms with van der Waals surface area (Å²) in [7, 11) is 4.05. The maximum absolute atomic E-state index is 5.57. The molecule has 0 saturated heterocycles. The number of anilines is 2. The van der Waals surface area contributed by atoms with Crippen LogP contribution in [-0.2, 0) is 0 Å². The molecule has 0 unspecified atom stereocenters. The molecule has 124 valence electrons. The number of fused-ring (bicyclic) bond motifs is 1. The highest BCUT2D eigenvalue weighted by atomic mass is 15.1. The van der Waals surface area contributed by atoms with Crippen LogP contribution >= 0.6 is 0 Å². The predicted molar refractivity (Wildman–Crippen MR) is 99.3 cm³/mol. The summed E-state index contributed by atoms with van der Waals surface area (Å²) in [6, 6.07) is 10.3. The third kappa shape index (κ3) is 3.44. The van der Waals surface area contributed by atoms with Crippen molar-refractivity contribution in [3.8, 4) is 11.3 Å². The summed E-state index contributed by atoms with van der Waals surface area (Å²) in [5.41, 5.74) is 10.3. The summed E-state index contributed by atoms with van der Waals surface area (Å²) in [6.07, 6.45) is 4.26. The van der Waals surface area contributed by atoms with Gasteiger partial charge in [-0.2, -0.15) is 0 Å². The van der Waals surface area contributed by atoms with Crippen molar-refractivity contribution in [3.05, 3.63) is 42.7 Å². The van der Waals surface area contributed by atoms with E-state index >= 15 is 0 Å². The minimum atomic E-state index is 0.641. The van der Waals surface area contributed by atoms with Gasteiger partial charge in [0, 0.05) is 44.3 Å². The van der Waals surface area contributed by atoms with Gasteiger partial charge in [-0.25, -0.2) is 9.97 Å². The van der Waals surface area contributed by atoms with Crippen molar-refractivity contribution in [2.24, 2.45) is 5.73 Å². The highest BCUT2D eigenvalue weighted by Crippen LogP contribution is 2.26. The maximum atomic E-state index is 5.57. The Kier molecular flexibility index (Phi) is 4.86. The van der Waals surface area contributed by atoms with E-state index in [0.717, 1.165) is 46.8 Å². The van der Waals surface area contributed by atoms with Crippen LogP contribution < -0.4 is 16.0 Å². The summed E-state index contributed by atoms with van der Waals surface area (Å²) >= 11 is 0. The zero-order valence-electron chi connectivity index (χ0n) is 14.0. The lowest BCUT2D eigenvalue weighted by Crippen LogP contribution is -2.10. The Morgan fingerprint density at radius 1 is 1.08 bits per heavy atom. The summed E-state index contributed by atoms with van der Waals surface area (Å²) in [5.74, 6) is 0.751. The summed E-state index contributed by atoms with van der Waals surface area (Å²) in [5, 5.41) is 3.33. The van der Waals surface area contributed by atoms with Crippen LogP contribution in [0.4, 0.5) is 11.5 Å². The fraction of sp³-hybridized carbons (Fsp3) is 0.278. The predicted octanol–water partition coefficient (Wildman–Crippen LogP) is 2.52. The van der Waals surface area contributed by atoms with Crippen molar-refractivity contribution in [3.63, 3.8) is 0 Å². The van der Waals surface area contributed by atoms with Crippen LogP contribution in [-0.4, -0.2) is 42.1 Å². The normalized spacial score (nSPS) is 10.8. The third-order valence-electron chi connectivity index (χ3n) is 3.81. The Morgan fingerprint density at radius 2 is 1.83 bits per heavy atom. The molecule has 0 aliphatic heterocycles. The van der Waals surface area contributed by atoms with Crippen molar-refractivity contribution >= 4 is 22.5 Å². The zero-order chi connectivity index (χ0) is 16.9. The van der Waals surface area contributed by atoms with Gasteiger partial charge in [0.1, 0.15) is 5.52 Å². The second-order valence-corrected chi connectivity index (χ2v) is 5.79. The molecule has 0 fully saturated rings. The largest absolute Gasteiger partial charge is 0.378 e. The van der Waals surface area contributed by atoms with Crippen LogP contribution in [0.15, 0.2) is 42.7 Å². The number of nitrogens with zero attached hydrogens (tertiary/aromatic N) is 4. The number of hydrogen-bond donors (Lipinski definition) is 2. The molecule has 6 nitrogen and oxygen atoms in total. The van der Waals surface area contributed by atoms with E-state index in [2.05, 4.69) is 44.5 Å². The molecule has 2 heterocycles. The van der Waals surface area contributed by atoms with Gasteiger partial charge < -0.3 is 16.0 Å². The number of nitrogens with one attached hydrogen (secondary N) is 1. The Hall–Kier alpha value is -2.73. The molecule has 2 aromatic heterocycles. The lowest BCUT2D eigenvalue weighted by molar-refractivity contribution is 0.871. The first-order chi connectivity index (χ1) is 11.7. The number of pyridine rings is 1. The van der Waals surface area contributed by atoms with Gasteiger partial charge in [-0.3, -0.25) is 4.98 Å². The lowest BCUT2D eigenvalue weighted by Gasteiger charge is -2.13. The summed E-state index contributed by atoms with van der Waals surface area (Å²) in [6.45, 7) is 1.40. The minimum Gasteiger partial charge on any atom is -0.378 e. The minimum absolute atomic E-state index is 0.641. The van der Waals surface area contributed by atoms with Gasteiger partial charge in [0.2, 0.25) is 0 Å². The van der Waals surface area contributed by atoms with Crippen molar-refractivity contribution in [2.45, 2.75) is 6.42 Å². The van der Waals surface area contributed by atoms with Crippen LogP contribution in [0, 0.1) is 0 Å². The second-order valence-electron chi connectivity index (χ2n) is 5.79. The summed E-state index contributed by atoms with van der Waals surface area (Å²) < 4.78 is 0. The molecule has 3 aromatic rings. The van der Waals surface area contributed by atoms with E-state index in [-0.39, 0.29) is 0 Å². The van der Waals surface area contributed by atoms with Gasteiger partial charge in [-0.1, -0.05) is 12.1 Å².